The van der Waals surface area contributed by atoms with Gasteiger partial charge in [0.2, 0.25) is 0 Å². The van der Waals surface area contributed by atoms with Crippen molar-refractivity contribution in [3.8, 4) is 5.75 Å². The summed E-state index contributed by atoms with van der Waals surface area (Å²) in [6.07, 6.45) is 0.904. The Morgan fingerprint density at radius 2 is 2.16 bits per heavy atom. The molecule has 2 aromatic rings. The van der Waals surface area contributed by atoms with Crippen molar-refractivity contribution >= 4 is 11.3 Å². The minimum absolute atomic E-state index is 0.264. The standard InChI is InChI=1S/C15H20N2OS/c1-10-5-6-12(7-14(10)18-4)13(16-3)8-15-17-11(2)9-19-15/h5-7,9,13,16H,8H2,1-4H3. The fourth-order valence-electron chi connectivity index (χ4n) is 2.11. The highest BCUT2D eigenvalue weighted by Gasteiger charge is 2.13. The smallest absolute Gasteiger partial charge is 0.122 e. The molecule has 0 fully saturated rings. The van der Waals surface area contributed by atoms with Crippen LogP contribution in [0.15, 0.2) is 23.6 Å². The first kappa shape index (κ1) is 14.0. The summed E-state index contributed by atoms with van der Waals surface area (Å²) >= 11 is 1.72. The fourth-order valence-corrected chi connectivity index (χ4v) is 2.93. The van der Waals surface area contributed by atoms with E-state index in [1.54, 1.807) is 18.4 Å². The molecule has 0 saturated heterocycles. The number of likely N-dealkylation sites (N-methyl/N-ethyl adjacent to an activating group) is 1. The van der Waals surface area contributed by atoms with E-state index in [0.29, 0.717) is 0 Å². The Kier molecular flexibility index (Phi) is 4.56. The lowest BCUT2D eigenvalue weighted by atomic mass is 10.0. The third kappa shape index (κ3) is 3.33. The number of nitrogens with zero attached hydrogens (tertiary/aromatic N) is 1. The van der Waals surface area contributed by atoms with Crippen molar-refractivity contribution in [3.05, 3.63) is 45.4 Å². The van der Waals surface area contributed by atoms with E-state index in [-0.39, 0.29) is 6.04 Å². The molecule has 1 heterocycles. The molecule has 19 heavy (non-hydrogen) atoms. The zero-order valence-corrected chi connectivity index (χ0v) is 12.7. The highest BCUT2D eigenvalue weighted by molar-refractivity contribution is 7.09. The maximum absolute atomic E-state index is 5.39. The van der Waals surface area contributed by atoms with Gasteiger partial charge in [-0.15, -0.1) is 11.3 Å². The van der Waals surface area contributed by atoms with Crippen LogP contribution >= 0.6 is 11.3 Å². The Bertz CT molecular complexity index is 551. The molecule has 0 radical (unpaired) electrons. The lowest BCUT2D eigenvalue weighted by Gasteiger charge is -2.17. The molecule has 0 aliphatic heterocycles. The van der Waals surface area contributed by atoms with Crippen molar-refractivity contribution in [2.45, 2.75) is 26.3 Å². The molecular formula is C15H20N2OS. The molecule has 1 aromatic heterocycles. The van der Waals surface area contributed by atoms with Gasteiger partial charge in [-0.3, -0.25) is 0 Å². The number of aryl methyl sites for hydroxylation is 2. The van der Waals surface area contributed by atoms with Crippen molar-refractivity contribution in [2.24, 2.45) is 0 Å². The Balaban J connectivity index is 2.21. The van der Waals surface area contributed by atoms with E-state index in [9.17, 15) is 0 Å². The topological polar surface area (TPSA) is 34.2 Å². The van der Waals surface area contributed by atoms with Gasteiger partial charge in [0.25, 0.3) is 0 Å². The van der Waals surface area contributed by atoms with E-state index >= 15 is 0 Å². The molecule has 2 rings (SSSR count). The summed E-state index contributed by atoms with van der Waals surface area (Å²) in [7, 11) is 3.70. The van der Waals surface area contributed by atoms with Crippen molar-refractivity contribution in [2.75, 3.05) is 14.2 Å². The highest BCUT2D eigenvalue weighted by atomic mass is 32.1. The normalized spacial score (nSPS) is 12.4. The van der Waals surface area contributed by atoms with Gasteiger partial charge in [0, 0.05) is 23.5 Å². The number of benzene rings is 1. The van der Waals surface area contributed by atoms with Crippen molar-refractivity contribution < 1.29 is 4.74 Å². The lowest BCUT2D eigenvalue weighted by Crippen LogP contribution is -2.19. The number of hydrogen-bond acceptors (Lipinski definition) is 4. The second-order valence-corrected chi connectivity index (χ2v) is 5.60. The van der Waals surface area contributed by atoms with Crippen LogP contribution in [0.1, 0.15) is 27.9 Å². The second-order valence-electron chi connectivity index (χ2n) is 4.66. The van der Waals surface area contributed by atoms with Gasteiger partial charge >= 0.3 is 0 Å². The van der Waals surface area contributed by atoms with Crippen LogP contribution in [0.5, 0.6) is 5.75 Å². The van der Waals surface area contributed by atoms with E-state index in [0.717, 1.165) is 28.4 Å². The van der Waals surface area contributed by atoms with Gasteiger partial charge in [-0.25, -0.2) is 4.98 Å². The monoisotopic (exact) mass is 276 g/mol. The molecule has 1 atom stereocenters. The summed E-state index contributed by atoms with van der Waals surface area (Å²) in [5.74, 6) is 0.938. The maximum atomic E-state index is 5.39. The van der Waals surface area contributed by atoms with Crippen LogP contribution in [0.2, 0.25) is 0 Å². The first-order chi connectivity index (χ1) is 9.13. The van der Waals surface area contributed by atoms with Crippen LogP contribution in [0.25, 0.3) is 0 Å². The molecular weight excluding hydrogens is 256 g/mol. The minimum atomic E-state index is 0.264. The number of ether oxygens (including phenoxy) is 1. The van der Waals surface area contributed by atoms with Crippen LogP contribution in [0.3, 0.4) is 0 Å². The molecule has 102 valence electrons. The Labute approximate surface area is 118 Å². The maximum Gasteiger partial charge on any atom is 0.122 e. The predicted octanol–water partition coefficient (Wildman–Crippen LogP) is 3.27. The first-order valence-corrected chi connectivity index (χ1v) is 7.24. The molecule has 0 aliphatic carbocycles. The van der Waals surface area contributed by atoms with Gasteiger partial charge in [0.15, 0.2) is 0 Å². The van der Waals surface area contributed by atoms with Gasteiger partial charge in [-0.05, 0) is 38.1 Å². The summed E-state index contributed by atoms with van der Waals surface area (Å²) in [6, 6.07) is 6.63. The Morgan fingerprint density at radius 3 is 2.74 bits per heavy atom. The molecule has 0 spiro atoms. The summed E-state index contributed by atoms with van der Waals surface area (Å²) in [5, 5.41) is 6.62. The van der Waals surface area contributed by atoms with E-state index in [4.69, 9.17) is 4.74 Å². The second kappa shape index (κ2) is 6.17. The van der Waals surface area contributed by atoms with Crippen LogP contribution in [0, 0.1) is 13.8 Å². The number of rotatable bonds is 5. The SMILES string of the molecule is CNC(Cc1nc(C)cs1)c1ccc(C)c(OC)c1. The lowest BCUT2D eigenvalue weighted by molar-refractivity contribution is 0.410. The molecule has 1 aromatic carbocycles. The van der Waals surface area contributed by atoms with Crippen LogP contribution in [0.4, 0.5) is 0 Å². The van der Waals surface area contributed by atoms with Crippen LogP contribution in [-0.2, 0) is 6.42 Å². The predicted molar refractivity (Wildman–Crippen MR) is 80.1 cm³/mol. The van der Waals surface area contributed by atoms with E-state index < -0.39 is 0 Å². The Morgan fingerprint density at radius 1 is 1.37 bits per heavy atom. The fraction of sp³-hybridized carbons (Fsp3) is 0.400. The van der Waals surface area contributed by atoms with Gasteiger partial charge in [-0.1, -0.05) is 12.1 Å². The quantitative estimate of drug-likeness (QED) is 0.910. The Hall–Kier alpha value is -1.39. The number of methoxy groups -OCH3 is 1. The largest absolute Gasteiger partial charge is 0.496 e. The third-order valence-electron chi connectivity index (χ3n) is 3.23. The first-order valence-electron chi connectivity index (χ1n) is 6.37. The van der Waals surface area contributed by atoms with E-state index in [1.807, 2.05) is 14.0 Å². The average Bonchev–Trinajstić information content (AvgIpc) is 2.82. The van der Waals surface area contributed by atoms with E-state index in [2.05, 4.69) is 40.8 Å². The summed E-state index contributed by atoms with van der Waals surface area (Å²) < 4.78 is 5.39. The van der Waals surface area contributed by atoms with Gasteiger partial charge in [0.1, 0.15) is 5.75 Å². The molecule has 1 unspecified atom stereocenters. The van der Waals surface area contributed by atoms with Crippen LogP contribution < -0.4 is 10.1 Å². The van der Waals surface area contributed by atoms with Crippen LogP contribution in [-0.4, -0.2) is 19.1 Å². The molecule has 0 aliphatic rings. The van der Waals surface area contributed by atoms with Crippen molar-refractivity contribution in [1.82, 2.24) is 10.3 Å². The van der Waals surface area contributed by atoms with Crippen molar-refractivity contribution in [3.63, 3.8) is 0 Å². The van der Waals surface area contributed by atoms with Gasteiger partial charge < -0.3 is 10.1 Å². The summed E-state index contributed by atoms with van der Waals surface area (Å²) in [5.41, 5.74) is 3.49. The number of thiazole rings is 1. The summed E-state index contributed by atoms with van der Waals surface area (Å²) in [6.45, 7) is 4.09. The number of aromatic nitrogens is 1. The third-order valence-corrected chi connectivity index (χ3v) is 4.22. The van der Waals surface area contributed by atoms with Gasteiger partial charge in [0.05, 0.1) is 12.1 Å². The molecule has 0 bridgehead atoms. The number of nitrogens with one attached hydrogen (secondary N) is 1. The summed E-state index contributed by atoms with van der Waals surface area (Å²) in [4.78, 5) is 4.53. The minimum Gasteiger partial charge on any atom is -0.496 e. The van der Waals surface area contributed by atoms with E-state index in [1.165, 1.54) is 5.56 Å². The van der Waals surface area contributed by atoms with Crippen molar-refractivity contribution in [1.29, 1.82) is 0 Å². The zero-order chi connectivity index (χ0) is 13.8. The molecule has 1 N–H and O–H groups in total. The molecule has 4 heteroatoms. The average molecular weight is 276 g/mol. The van der Waals surface area contributed by atoms with Gasteiger partial charge in [-0.2, -0.15) is 0 Å². The zero-order valence-electron chi connectivity index (χ0n) is 11.9. The molecule has 3 nitrogen and oxygen atoms in total. The number of hydrogen-bond donors (Lipinski definition) is 1. The molecule has 0 saturated carbocycles. The highest BCUT2D eigenvalue weighted by Crippen LogP contribution is 2.26. The molecule has 0 amide bonds.